The van der Waals surface area contributed by atoms with Crippen molar-refractivity contribution in [1.29, 1.82) is 0 Å². The van der Waals surface area contributed by atoms with Crippen LogP contribution >= 0.6 is 7.75 Å². The van der Waals surface area contributed by atoms with Gasteiger partial charge in [-0.3, -0.25) is 23.7 Å². The third kappa shape index (κ3) is 5.86. The number of rotatable bonds is 9. The van der Waals surface area contributed by atoms with Crippen molar-refractivity contribution in [2.24, 2.45) is 0 Å². The predicted molar refractivity (Wildman–Crippen MR) is 128 cm³/mol. The normalized spacial score (nSPS) is 26.8. The number of nitrogens with one attached hydrogen (secondary N) is 2. The average molecular weight is 541 g/mol. The summed E-state index contributed by atoms with van der Waals surface area (Å²) in [5, 5.41) is 13.0. The number of esters is 1. The van der Waals surface area contributed by atoms with Gasteiger partial charge in [0.2, 0.25) is 0 Å². The first-order valence-corrected chi connectivity index (χ1v) is 13.3. The Morgan fingerprint density at radius 1 is 1.32 bits per heavy atom. The van der Waals surface area contributed by atoms with Crippen molar-refractivity contribution in [3.63, 3.8) is 0 Å². The minimum Gasteiger partial charge on any atom is -0.468 e. The summed E-state index contributed by atoms with van der Waals surface area (Å²) in [7, 11) is -3.10. The Hall–Kier alpha value is -2.83. The number of carbonyl (C=O) groups excluding carboxylic acids is 1. The second kappa shape index (κ2) is 10.9. The smallest absolute Gasteiger partial charge is 0.459 e. The van der Waals surface area contributed by atoms with E-state index in [1.165, 1.54) is 0 Å². The zero-order valence-electron chi connectivity index (χ0n) is 20.3. The number of alkyl halides is 1. The number of aliphatic hydroxyl groups excluding tert-OH is 1. The molecule has 3 N–H and O–H groups in total. The molecule has 5 atom stereocenters. The molecule has 202 valence electrons. The zero-order chi connectivity index (χ0) is 26.8. The molecule has 37 heavy (non-hydrogen) atoms. The molecular formula is C23H29FN3O9P. The number of halogens is 1. The number of methoxy groups -OCH3 is 1. The van der Waals surface area contributed by atoms with Gasteiger partial charge in [0.05, 0.1) is 13.7 Å². The van der Waals surface area contributed by atoms with Gasteiger partial charge in [0, 0.05) is 12.3 Å². The molecule has 0 bridgehead atoms. The van der Waals surface area contributed by atoms with Crippen LogP contribution in [0, 0.1) is 0 Å². The van der Waals surface area contributed by atoms with Crippen LogP contribution in [-0.4, -0.2) is 58.8 Å². The van der Waals surface area contributed by atoms with Crippen molar-refractivity contribution < 1.29 is 37.4 Å². The quantitative estimate of drug-likeness (QED) is 0.313. The maximum Gasteiger partial charge on any atom is 0.459 e. The number of aliphatic hydroxyl groups is 1. The van der Waals surface area contributed by atoms with Gasteiger partial charge >= 0.3 is 19.4 Å². The summed E-state index contributed by atoms with van der Waals surface area (Å²) in [5.74, 6) is -0.410. The van der Waals surface area contributed by atoms with E-state index in [2.05, 4.69) is 9.82 Å². The van der Waals surface area contributed by atoms with Gasteiger partial charge in [-0.1, -0.05) is 12.1 Å². The van der Waals surface area contributed by atoms with E-state index in [1.54, 1.807) is 12.1 Å². The highest BCUT2D eigenvalue weighted by Crippen LogP contribution is 2.48. The number of benzene rings is 1. The number of H-pyrrole nitrogens is 1. The molecule has 12 nitrogen and oxygen atoms in total. The molecule has 1 saturated heterocycles. The molecule has 1 aromatic carbocycles. The number of fused-ring (bicyclic) bond motifs is 1. The Morgan fingerprint density at radius 3 is 2.81 bits per heavy atom. The number of ether oxygens (including phenoxy) is 2. The van der Waals surface area contributed by atoms with Crippen molar-refractivity contribution in [2.45, 2.75) is 56.7 Å². The van der Waals surface area contributed by atoms with Gasteiger partial charge < -0.3 is 19.1 Å². The topological polar surface area (TPSA) is 158 Å². The Bertz CT molecular complexity index is 1310. The van der Waals surface area contributed by atoms with Crippen LogP contribution in [0.3, 0.4) is 0 Å². The molecule has 4 rings (SSSR count). The lowest BCUT2D eigenvalue weighted by atomic mass is 9.91. The zero-order valence-corrected chi connectivity index (χ0v) is 21.2. The highest BCUT2D eigenvalue weighted by Gasteiger charge is 2.55. The largest absolute Gasteiger partial charge is 0.468 e. The monoisotopic (exact) mass is 541 g/mol. The lowest BCUT2D eigenvalue weighted by Crippen LogP contribution is -2.43. The van der Waals surface area contributed by atoms with Crippen LogP contribution in [0.25, 0.3) is 0 Å². The van der Waals surface area contributed by atoms with Gasteiger partial charge in [-0.25, -0.2) is 18.8 Å². The molecule has 1 aliphatic carbocycles. The van der Waals surface area contributed by atoms with Crippen molar-refractivity contribution >= 4 is 13.7 Å². The number of nitrogens with zero attached hydrogens (tertiary/aromatic N) is 1. The Kier molecular flexibility index (Phi) is 8.00. The minimum atomic E-state index is -4.26. The summed E-state index contributed by atoms with van der Waals surface area (Å²) < 4.78 is 51.4. The molecule has 0 amide bonds. The molecule has 14 heteroatoms. The van der Waals surface area contributed by atoms with Gasteiger partial charge in [0.1, 0.15) is 24.5 Å². The molecule has 1 aliphatic heterocycles. The fourth-order valence-electron chi connectivity index (χ4n) is 4.43. The lowest BCUT2D eigenvalue weighted by Gasteiger charge is -2.25. The molecule has 1 unspecified atom stereocenters. The van der Waals surface area contributed by atoms with E-state index in [0.29, 0.717) is 12.2 Å². The van der Waals surface area contributed by atoms with Crippen LogP contribution in [0.1, 0.15) is 37.1 Å². The van der Waals surface area contributed by atoms with Crippen LogP contribution in [0.5, 0.6) is 5.75 Å². The molecular weight excluding hydrogens is 512 g/mol. The molecule has 1 aromatic heterocycles. The van der Waals surface area contributed by atoms with Crippen LogP contribution in [0.4, 0.5) is 4.39 Å². The van der Waals surface area contributed by atoms with E-state index in [9.17, 15) is 24.1 Å². The van der Waals surface area contributed by atoms with Crippen molar-refractivity contribution in [3.05, 3.63) is 62.4 Å². The Labute approximate surface area is 211 Å². The summed E-state index contributed by atoms with van der Waals surface area (Å²) >= 11 is 0. The van der Waals surface area contributed by atoms with Crippen molar-refractivity contribution in [2.75, 3.05) is 20.3 Å². The SMILES string of the molecule is COC(=O)CNP(=O)(OC[C@H]1O[C@@H](n2ccc(=O)[nH]c2=O)[C@](C)(F)[C@@H]1O)Oc1cccc2c1CCCC2. The van der Waals surface area contributed by atoms with Crippen molar-refractivity contribution in [1.82, 2.24) is 14.6 Å². The van der Waals surface area contributed by atoms with E-state index in [1.807, 2.05) is 11.1 Å². The second-order valence-corrected chi connectivity index (χ2v) is 10.8. The molecule has 1 fully saturated rings. The van der Waals surface area contributed by atoms with Gasteiger partial charge in [-0.15, -0.1) is 0 Å². The van der Waals surface area contributed by atoms with Gasteiger partial charge in [0.25, 0.3) is 5.56 Å². The average Bonchev–Trinajstić information content (AvgIpc) is 3.10. The number of aryl methyl sites for hydroxylation is 1. The number of aromatic nitrogens is 2. The summed E-state index contributed by atoms with van der Waals surface area (Å²) in [6.45, 7) is -0.0927. The molecule has 0 radical (unpaired) electrons. The molecule has 0 saturated carbocycles. The molecule has 2 heterocycles. The minimum absolute atomic E-state index is 0.318. The third-order valence-electron chi connectivity index (χ3n) is 6.45. The molecule has 2 aliphatic rings. The van der Waals surface area contributed by atoms with Gasteiger partial charge in [-0.05, 0) is 49.8 Å². The highest BCUT2D eigenvalue weighted by atomic mass is 31.2. The van der Waals surface area contributed by atoms with Crippen LogP contribution < -0.4 is 20.9 Å². The molecule has 2 aromatic rings. The summed E-state index contributed by atoms with van der Waals surface area (Å²) in [4.78, 5) is 37.3. The summed E-state index contributed by atoms with van der Waals surface area (Å²) in [6.07, 6.45) is -0.233. The Balaban J connectivity index is 1.55. The Morgan fingerprint density at radius 2 is 2.08 bits per heavy atom. The summed E-state index contributed by atoms with van der Waals surface area (Å²) in [6, 6.07) is 6.36. The fourth-order valence-corrected chi connectivity index (χ4v) is 5.74. The standard InChI is InChI=1S/C23H29FN3O9P/c1-23(24)20(30)17(35-21(23)27-11-10-18(28)26-22(27)31)13-34-37(32,25-12-19(29)33-2)36-16-9-5-7-14-6-3-4-8-15(14)16/h5,7,9-11,17,20-21,30H,3-4,6,8,12-13H2,1-2H3,(H,25,32)(H,26,28,31)/t17-,20-,21-,23-,37?/m1/s1. The summed E-state index contributed by atoms with van der Waals surface area (Å²) in [5.41, 5.74) is -2.15. The number of hydrogen-bond acceptors (Lipinski definition) is 9. The number of carbonyl (C=O) groups is 1. The van der Waals surface area contributed by atoms with Gasteiger partial charge in [-0.2, -0.15) is 0 Å². The number of hydrogen-bond donors (Lipinski definition) is 3. The number of aromatic amines is 1. The maximum atomic E-state index is 15.5. The third-order valence-corrected chi connectivity index (χ3v) is 7.92. The van der Waals surface area contributed by atoms with E-state index in [0.717, 1.165) is 61.3 Å². The fraction of sp³-hybridized carbons (Fsp3) is 0.522. The van der Waals surface area contributed by atoms with E-state index < -0.39 is 62.2 Å². The lowest BCUT2D eigenvalue weighted by molar-refractivity contribution is -0.139. The predicted octanol–water partition coefficient (Wildman–Crippen LogP) is 1.37. The van der Waals surface area contributed by atoms with Crippen LogP contribution in [0.2, 0.25) is 0 Å². The first-order chi connectivity index (χ1) is 17.5. The molecule has 0 spiro atoms. The van der Waals surface area contributed by atoms with E-state index in [4.69, 9.17) is 13.8 Å². The highest BCUT2D eigenvalue weighted by molar-refractivity contribution is 7.52. The van der Waals surface area contributed by atoms with Gasteiger partial charge in [0.15, 0.2) is 11.9 Å². The van der Waals surface area contributed by atoms with Crippen LogP contribution in [0.15, 0.2) is 40.1 Å². The van der Waals surface area contributed by atoms with Crippen LogP contribution in [-0.2, 0) is 36.2 Å². The van der Waals surface area contributed by atoms with Crippen molar-refractivity contribution in [3.8, 4) is 5.75 Å². The van der Waals surface area contributed by atoms with E-state index in [-0.39, 0.29) is 0 Å². The first-order valence-electron chi connectivity index (χ1n) is 11.7. The maximum absolute atomic E-state index is 15.5. The first kappa shape index (κ1) is 27.2. The van der Waals surface area contributed by atoms with E-state index >= 15 is 4.39 Å². The second-order valence-electron chi connectivity index (χ2n) is 9.04.